The minimum Gasteiger partial charge on any atom is -0.330 e. The summed E-state index contributed by atoms with van der Waals surface area (Å²) >= 11 is 0. The Morgan fingerprint density at radius 2 is 1.94 bits per heavy atom. The first kappa shape index (κ1) is 12.5. The van der Waals surface area contributed by atoms with Crippen LogP contribution in [-0.2, 0) is 5.41 Å². The number of nitrogens with zero attached hydrogens (tertiary/aromatic N) is 1. The number of hydrogen-bond donors (Lipinski definition) is 1. The molecule has 1 aliphatic heterocycles. The molecule has 0 unspecified atom stereocenters. The van der Waals surface area contributed by atoms with Crippen LogP contribution in [0.15, 0.2) is 24.3 Å². The van der Waals surface area contributed by atoms with Crippen molar-refractivity contribution in [2.45, 2.75) is 25.2 Å². The molecule has 3 heteroatoms. The molecule has 94 valence electrons. The Hall–Kier alpha value is -0.930. The first-order valence-corrected chi connectivity index (χ1v) is 6.39. The van der Waals surface area contributed by atoms with Crippen LogP contribution in [-0.4, -0.2) is 31.1 Å². The van der Waals surface area contributed by atoms with Gasteiger partial charge in [0.1, 0.15) is 5.82 Å². The Labute approximate surface area is 103 Å². The van der Waals surface area contributed by atoms with Gasteiger partial charge in [0.15, 0.2) is 0 Å². The summed E-state index contributed by atoms with van der Waals surface area (Å²) in [5.41, 5.74) is 6.59. The van der Waals surface area contributed by atoms with E-state index in [-0.39, 0.29) is 11.2 Å². The molecule has 1 saturated heterocycles. The highest BCUT2D eigenvalue weighted by molar-refractivity contribution is 5.28. The molecule has 1 heterocycles. The zero-order chi connectivity index (χ0) is 12.3. The van der Waals surface area contributed by atoms with Crippen molar-refractivity contribution in [3.63, 3.8) is 0 Å². The summed E-state index contributed by atoms with van der Waals surface area (Å²) in [5.74, 6) is -0.108. The van der Waals surface area contributed by atoms with E-state index < -0.39 is 0 Å². The van der Waals surface area contributed by atoms with E-state index in [4.69, 9.17) is 5.73 Å². The Kier molecular flexibility index (Phi) is 3.79. The average molecular weight is 236 g/mol. The Balaban J connectivity index is 2.24. The molecule has 0 aliphatic carbocycles. The van der Waals surface area contributed by atoms with E-state index in [9.17, 15) is 4.39 Å². The molecule has 0 bridgehead atoms. The van der Waals surface area contributed by atoms with Crippen molar-refractivity contribution >= 4 is 0 Å². The van der Waals surface area contributed by atoms with Gasteiger partial charge in [0.2, 0.25) is 0 Å². The minimum absolute atomic E-state index is 0.108. The third-order valence-electron chi connectivity index (χ3n) is 4.10. The molecule has 0 amide bonds. The molecule has 0 radical (unpaired) electrons. The normalized spacial score (nSPS) is 20.4. The van der Waals surface area contributed by atoms with Crippen molar-refractivity contribution in [2.75, 3.05) is 26.2 Å². The van der Waals surface area contributed by atoms with Crippen LogP contribution in [0, 0.1) is 5.82 Å². The van der Waals surface area contributed by atoms with Gasteiger partial charge in [-0.25, -0.2) is 4.39 Å². The fraction of sp³-hybridized carbons (Fsp3) is 0.571. The number of halogens is 1. The van der Waals surface area contributed by atoms with Gasteiger partial charge in [0, 0.05) is 12.0 Å². The van der Waals surface area contributed by atoms with Crippen molar-refractivity contribution in [2.24, 2.45) is 5.73 Å². The van der Waals surface area contributed by atoms with Gasteiger partial charge in [-0.2, -0.15) is 0 Å². The summed E-state index contributed by atoms with van der Waals surface area (Å²) in [7, 11) is 0. The van der Waals surface area contributed by atoms with Gasteiger partial charge in [0.05, 0.1) is 0 Å². The summed E-state index contributed by atoms with van der Waals surface area (Å²) < 4.78 is 13.9. The molecule has 0 spiro atoms. The lowest BCUT2D eigenvalue weighted by Crippen LogP contribution is -2.47. The minimum atomic E-state index is -0.156. The molecule has 1 aromatic carbocycles. The lowest BCUT2D eigenvalue weighted by molar-refractivity contribution is 0.166. The highest BCUT2D eigenvalue weighted by Gasteiger charge is 2.36. The van der Waals surface area contributed by atoms with Crippen LogP contribution in [0.2, 0.25) is 0 Å². The van der Waals surface area contributed by atoms with E-state index in [1.54, 1.807) is 12.1 Å². The number of piperidine rings is 1. The van der Waals surface area contributed by atoms with Crippen LogP contribution in [0.3, 0.4) is 0 Å². The number of rotatable bonds is 3. The number of benzene rings is 1. The van der Waals surface area contributed by atoms with E-state index >= 15 is 0 Å². The van der Waals surface area contributed by atoms with Gasteiger partial charge >= 0.3 is 0 Å². The predicted octanol–water partition coefficient (Wildman–Crippen LogP) is 2.14. The van der Waals surface area contributed by atoms with Crippen molar-refractivity contribution in [1.29, 1.82) is 0 Å². The van der Waals surface area contributed by atoms with Crippen LogP contribution in [0.1, 0.15) is 25.3 Å². The van der Waals surface area contributed by atoms with Gasteiger partial charge in [-0.1, -0.05) is 25.1 Å². The van der Waals surface area contributed by atoms with Crippen LogP contribution in [0.25, 0.3) is 0 Å². The lowest BCUT2D eigenvalue weighted by Gasteiger charge is -2.41. The molecule has 2 nitrogen and oxygen atoms in total. The summed E-state index contributed by atoms with van der Waals surface area (Å²) in [5, 5.41) is 0. The van der Waals surface area contributed by atoms with E-state index in [1.807, 2.05) is 12.1 Å². The summed E-state index contributed by atoms with van der Waals surface area (Å²) in [4.78, 5) is 2.40. The maximum Gasteiger partial charge on any atom is 0.127 e. The molecule has 0 saturated carbocycles. The fourth-order valence-corrected chi connectivity index (χ4v) is 2.77. The second-order valence-corrected chi connectivity index (χ2v) is 4.90. The summed E-state index contributed by atoms with van der Waals surface area (Å²) in [6.07, 6.45) is 1.91. The van der Waals surface area contributed by atoms with Gasteiger partial charge < -0.3 is 10.6 Å². The van der Waals surface area contributed by atoms with E-state index in [2.05, 4.69) is 11.8 Å². The van der Waals surface area contributed by atoms with Crippen LogP contribution in [0.5, 0.6) is 0 Å². The van der Waals surface area contributed by atoms with Crippen LogP contribution in [0.4, 0.5) is 4.39 Å². The number of hydrogen-bond acceptors (Lipinski definition) is 2. The third-order valence-corrected chi connectivity index (χ3v) is 4.10. The molecule has 1 aromatic rings. The molecule has 2 N–H and O–H groups in total. The average Bonchev–Trinajstić information content (AvgIpc) is 2.39. The highest BCUT2D eigenvalue weighted by Crippen LogP contribution is 2.35. The van der Waals surface area contributed by atoms with Crippen molar-refractivity contribution in [3.05, 3.63) is 35.6 Å². The van der Waals surface area contributed by atoms with Gasteiger partial charge in [-0.05, 0) is 44.1 Å². The van der Waals surface area contributed by atoms with E-state index in [1.165, 1.54) is 0 Å². The third kappa shape index (κ3) is 2.35. The molecule has 1 aliphatic rings. The first-order chi connectivity index (χ1) is 8.22. The second kappa shape index (κ2) is 5.15. The molecule has 1 fully saturated rings. The molecule has 0 atom stereocenters. The topological polar surface area (TPSA) is 29.3 Å². The van der Waals surface area contributed by atoms with Crippen LogP contribution >= 0.6 is 0 Å². The van der Waals surface area contributed by atoms with Crippen LogP contribution < -0.4 is 5.73 Å². The van der Waals surface area contributed by atoms with E-state index in [0.717, 1.165) is 38.0 Å². The largest absolute Gasteiger partial charge is 0.330 e. The first-order valence-electron chi connectivity index (χ1n) is 6.39. The highest BCUT2D eigenvalue weighted by atomic mass is 19.1. The smallest absolute Gasteiger partial charge is 0.127 e. The maximum atomic E-state index is 13.9. The Morgan fingerprint density at radius 3 is 2.47 bits per heavy atom. The number of nitrogens with two attached hydrogens (primary N) is 1. The van der Waals surface area contributed by atoms with Crippen molar-refractivity contribution in [1.82, 2.24) is 4.90 Å². The predicted molar refractivity (Wildman–Crippen MR) is 68.5 cm³/mol. The summed E-state index contributed by atoms with van der Waals surface area (Å²) in [6.45, 7) is 5.80. The molecule has 17 heavy (non-hydrogen) atoms. The Bertz CT molecular complexity index is 370. The zero-order valence-corrected chi connectivity index (χ0v) is 10.5. The standard InChI is InChI=1S/C14H21FN2/c1-2-17-9-7-14(11-16,8-10-17)12-5-3-4-6-13(12)15/h3-6H,2,7-11,16H2,1H3. The molecule has 2 rings (SSSR count). The van der Waals surface area contributed by atoms with Crippen molar-refractivity contribution < 1.29 is 4.39 Å². The molecular weight excluding hydrogens is 215 g/mol. The van der Waals surface area contributed by atoms with E-state index in [0.29, 0.717) is 6.54 Å². The lowest BCUT2D eigenvalue weighted by atomic mass is 9.72. The number of likely N-dealkylation sites (tertiary alicyclic amines) is 1. The van der Waals surface area contributed by atoms with Gasteiger partial charge in [-0.15, -0.1) is 0 Å². The SMILES string of the molecule is CCN1CCC(CN)(c2ccccc2F)CC1. The Morgan fingerprint density at radius 1 is 1.29 bits per heavy atom. The van der Waals surface area contributed by atoms with Gasteiger partial charge in [-0.3, -0.25) is 0 Å². The van der Waals surface area contributed by atoms with Gasteiger partial charge in [0.25, 0.3) is 0 Å². The second-order valence-electron chi connectivity index (χ2n) is 4.90. The molecule has 0 aromatic heterocycles. The fourth-order valence-electron chi connectivity index (χ4n) is 2.77. The zero-order valence-electron chi connectivity index (χ0n) is 10.5. The summed E-state index contributed by atoms with van der Waals surface area (Å²) in [6, 6.07) is 7.08. The van der Waals surface area contributed by atoms with Crippen molar-refractivity contribution in [3.8, 4) is 0 Å². The maximum absolute atomic E-state index is 13.9. The quantitative estimate of drug-likeness (QED) is 0.871. The monoisotopic (exact) mass is 236 g/mol. The molecular formula is C14H21FN2.